The number of H-pyrrole nitrogens is 1. The molecule has 1 saturated heterocycles. The SMILES string of the molecule is Cc1cn(C2CC(O)C(COP(=O)([O-])[O-])O2)c(=O)[nH]c1=O. The molecule has 0 radical (unpaired) electrons. The van der Waals surface area contributed by atoms with Crippen LogP contribution in [0, 0.1) is 6.92 Å². The molecule has 1 fully saturated rings. The first-order chi connectivity index (χ1) is 9.67. The van der Waals surface area contributed by atoms with Crippen molar-refractivity contribution < 1.29 is 28.7 Å². The van der Waals surface area contributed by atoms with Gasteiger partial charge in [-0.15, -0.1) is 0 Å². The van der Waals surface area contributed by atoms with E-state index in [1.807, 2.05) is 0 Å². The van der Waals surface area contributed by atoms with Crippen LogP contribution in [0.3, 0.4) is 0 Å². The molecule has 1 aromatic rings. The number of aromatic amines is 1. The number of aromatic nitrogens is 2. The van der Waals surface area contributed by atoms with Crippen molar-refractivity contribution in [2.24, 2.45) is 0 Å². The molecule has 2 rings (SSSR count). The van der Waals surface area contributed by atoms with Crippen molar-refractivity contribution in [2.45, 2.75) is 31.8 Å². The smallest absolute Gasteiger partial charge is 0.330 e. The van der Waals surface area contributed by atoms with Crippen molar-refractivity contribution >= 4 is 7.82 Å². The number of nitrogens with zero attached hydrogens (tertiary/aromatic N) is 1. The summed E-state index contributed by atoms with van der Waals surface area (Å²) in [6.07, 6.45) is -1.81. The molecule has 0 aliphatic carbocycles. The topological polar surface area (TPSA) is 157 Å². The highest BCUT2D eigenvalue weighted by molar-refractivity contribution is 7.43. The summed E-state index contributed by atoms with van der Waals surface area (Å²) in [5.41, 5.74) is -0.980. The first-order valence-electron chi connectivity index (χ1n) is 5.99. The lowest BCUT2D eigenvalue weighted by Gasteiger charge is -2.30. The van der Waals surface area contributed by atoms with Crippen LogP contribution in [0.1, 0.15) is 18.2 Å². The predicted molar refractivity (Wildman–Crippen MR) is 64.2 cm³/mol. The third kappa shape index (κ3) is 3.88. The number of aliphatic hydroxyl groups excluding tert-OH is 1. The molecule has 0 saturated carbocycles. The lowest BCUT2D eigenvalue weighted by molar-refractivity contribution is -0.343. The number of hydrogen-bond acceptors (Lipinski definition) is 8. The van der Waals surface area contributed by atoms with E-state index in [0.717, 1.165) is 4.57 Å². The number of phosphoric ester groups is 1. The molecule has 0 aromatic carbocycles. The third-order valence-corrected chi connectivity index (χ3v) is 3.52. The van der Waals surface area contributed by atoms with Gasteiger partial charge in [0.1, 0.15) is 12.3 Å². The Morgan fingerprint density at radius 3 is 2.86 bits per heavy atom. The van der Waals surface area contributed by atoms with Gasteiger partial charge >= 0.3 is 5.69 Å². The Morgan fingerprint density at radius 2 is 2.24 bits per heavy atom. The summed E-state index contributed by atoms with van der Waals surface area (Å²) in [6, 6.07) is 0. The van der Waals surface area contributed by atoms with E-state index in [4.69, 9.17) is 4.74 Å². The van der Waals surface area contributed by atoms with Crippen LogP contribution < -0.4 is 21.0 Å². The number of rotatable bonds is 4. The molecule has 0 amide bonds. The zero-order chi connectivity index (χ0) is 15.8. The molecule has 3 atom stereocenters. The molecule has 10 nitrogen and oxygen atoms in total. The van der Waals surface area contributed by atoms with Crippen molar-refractivity contribution in [1.29, 1.82) is 0 Å². The number of hydrogen-bond donors (Lipinski definition) is 2. The van der Waals surface area contributed by atoms with E-state index in [2.05, 4.69) is 9.51 Å². The third-order valence-electron chi connectivity index (χ3n) is 3.06. The van der Waals surface area contributed by atoms with Gasteiger partial charge in [-0.2, -0.15) is 0 Å². The Balaban J connectivity index is 2.14. The Hall–Kier alpha value is -1.29. The highest BCUT2D eigenvalue weighted by Gasteiger charge is 2.35. The number of nitrogens with one attached hydrogen (secondary N) is 1. The van der Waals surface area contributed by atoms with Gasteiger partial charge in [0.25, 0.3) is 5.56 Å². The lowest BCUT2D eigenvalue weighted by atomic mass is 10.2. The molecule has 118 valence electrons. The molecule has 21 heavy (non-hydrogen) atoms. The molecule has 2 N–H and O–H groups in total. The molecule has 0 spiro atoms. The van der Waals surface area contributed by atoms with Crippen molar-refractivity contribution in [3.63, 3.8) is 0 Å². The summed E-state index contributed by atoms with van der Waals surface area (Å²) in [5, 5.41) is 9.75. The second kappa shape index (κ2) is 5.84. The zero-order valence-corrected chi connectivity index (χ0v) is 11.8. The van der Waals surface area contributed by atoms with Crippen LogP contribution in [0.2, 0.25) is 0 Å². The summed E-state index contributed by atoms with van der Waals surface area (Å²) in [5.74, 6) is 0. The molecule has 3 unspecified atom stereocenters. The van der Waals surface area contributed by atoms with E-state index < -0.39 is 44.1 Å². The maximum absolute atomic E-state index is 11.7. The van der Waals surface area contributed by atoms with Crippen LogP contribution in [0.25, 0.3) is 0 Å². The van der Waals surface area contributed by atoms with Gasteiger partial charge < -0.3 is 28.7 Å². The van der Waals surface area contributed by atoms with Gasteiger partial charge in [-0.05, 0) is 6.92 Å². The van der Waals surface area contributed by atoms with Crippen LogP contribution in [-0.4, -0.2) is 33.5 Å². The molecule has 2 heterocycles. The Labute approximate surface area is 118 Å². The molecule has 1 aliphatic rings. The van der Waals surface area contributed by atoms with E-state index in [9.17, 15) is 29.0 Å². The van der Waals surface area contributed by atoms with Crippen LogP contribution in [0.5, 0.6) is 0 Å². The van der Waals surface area contributed by atoms with Crippen LogP contribution in [0.15, 0.2) is 15.8 Å². The Kier molecular flexibility index (Phi) is 4.47. The predicted octanol–water partition coefficient (Wildman–Crippen LogP) is -2.66. The molecular formula is C10H13N2O8P-2. The summed E-state index contributed by atoms with van der Waals surface area (Å²) in [7, 11) is -5.17. The van der Waals surface area contributed by atoms with E-state index in [-0.39, 0.29) is 12.0 Å². The van der Waals surface area contributed by atoms with Gasteiger partial charge in [0.2, 0.25) is 0 Å². The quantitative estimate of drug-likeness (QED) is 0.569. The fraction of sp³-hybridized carbons (Fsp3) is 0.600. The van der Waals surface area contributed by atoms with Crippen molar-refractivity contribution in [3.05, 3.63) is 32.6 Å². The van der Waals surface area contributed by atoms with Crippen LogP contribution in [0.4, 0.5) is 0 Å². The maximum atomic E-state index is 11.7. The number of aliphatic hydroxyl groups is 1. The number of ether oxygens (including phenoxy) is 1. The molecule has 11 heteroatoms. The highest BCUT2D eigenvalue weighted by Crippen LogP contribution is 2.31. The van der Waals surface area contributed by atoms with Crippen LogP contribution in [-0.2, 0) is 13.8 Å². The fourth-order valence-corrected chi connectivity index (χ4v) is 2.33. The number of aryl methyl sites for hydroxylation is 1. The summed E-state index contributed by atoms with van der Waals surface area (Å²) < 4.78 is 20.8. The fourth-order valence-electron chi connectivity index (χ4n) is 2.00. The Morgan fingerprint density at radius 1 is 1.57 bits per heavy atom. The van der Waals surface area contributed by atoms with Gasteiger partial charge in [0.15, 0.2) is 0 Å². The summed E-state index contributed by atoms with van der Waals surface area (Å²) in [6.45, 7) is 0.852. The summed E-state index contributed by atoms with van der Waals surface area (Å²) in [4.78, 5) is 45.8. The molecular weight excluding hydrogens is 307 g/mol. The molecule has 1 aliphatic heterocycles. The zero-order valence-electron chi connectivity index (χ0n) is 10.9. The molecule has 1 aromatic heterocycles. The van der Waals surface area contributed by atoms with E-state index in [0.29, 0.717) is 0 Å². The molecule has 0 bridgehead atoms. The maximum Gasteiger partial charge on any atom is 0.330 e. The first-order valence-corrected chi connectivity index (χ1v) is 7.45. The monoisotopic (exact) mass is 320 g/mol. The minimum Gasteiger partial charge on any atom is -0.790 e. The minimum atomic E-state index is -5.17. The average Bonchev–Trinajstić information content (AvgIpc) is 2.72. The van der Waals surface area contributed by atoms with Crippen molar-refractivity contribution in [3.8, 4) is 0 Å². The van der Waals surface area contributed by atoms with Gasteiger partial charge in [-0.1, -0.05) is 0 Å². The van der Waals surface area contributed by atoms with Gasteiger partial charge in [0.05, 0.1) is 20.5 Å². The van der Waals surface area contributed by atoms with Gasteiger partial charge in [-0.25, -0.2) is 4.79 Å². The number of phosphoric acid groups is 1. The minimum absolute atomic E-state index is 0.0125. The first kappa shape index (κ1) is 16.1. The Bertz CT molecular complexity index is 676. The van der Waals surface area contributed by atoms with Crippen LogP contribution >= 0.6 is 7.82 Å². The standard InChI is InChI=1S/C10H15N2O8P/c1-5-3-12(10(15)11-9(5)14)8-2-6(13)7(20-8)4-19-21(16,17)18/h3,6-8,13H,2,4H2,1H3,(H,11,14,15)(H2,16,17,18)/p-2. The van der Waals surface area contributed by atoms with Crippen molar-refractivity contribution in [2.75, 3.05) is 6.61 Å². The van der Waals surface area contributed by atoms with E-state index in [1.165, 1.54) is 13.1 Å². The highest BCUT2D eigenvalue weighted by atomic mass is 31.2. The van der Waals surface area contributed by atoms with E-state index in [1.54, 1.807) is 0 Å². The van der Waals surface area contributed by atoms with Gasteiger partial charge in [-0.3, -0.25) is 14.3 Å². The van der Waals surface area contributed by atoms with E-state index >= 15 is 0 Å². The summed E-state index contributed by atoms with van der Waals surface area (Å²) >= 11 is 0. The lowest BCUT2D eigenvalue weighted by Crippen LogP contribution is -2.33. The van der Waals surface area contributed by atoms with Crippen molar-refractivity contribution in [1.82, 2.24) is 9.55 Å². The largest absolute Gasteiger partial charge is 0.790 e. The average molecular weight is 320 g/mol. The van der Waals surface area contributed by atoms with Gasteiger partial charge in [0, 0.05) is 18.2 Å². The second-order valence-corrected chi connectivity index (χ2v) is 5.81. The second-order valence-electron chi connectivity index (χ2n) is 4.65. The normalized spacial score (nSPS) is 26.2.